The summed E-state index contributed by atoms with van der Waals surface area (Å²) in [6.45, 7) is 0. The molecule has 0 fully saturated rings. The van der Waals surface area contributed by atoms with Gasteiger partial charge in [-0.25, -0.2) is 5.84 Å². The van der Waals surface area contributed by atoms with Crippen LogP contribution in [0.15, 0.2) is 34.9 Å². The minimum Gasteiger partial charge on any atom is -0.464 e. The summed E-state index contributed by atoms with van der Waals surface area (Å²) >= 11 is 1.34. The van der Waals surface area contributed by atoms with Crippen LogP contribution in [0.25, 0.3) is 10.6 Å². The number of nitrogens with one attached hydrogen (secondary N) is 1. The van der Waals surface area contributed by atoms with Crippen molar-refractivity contribution in [2.75, 3.05) is 0 Å². The fourth-order valence-corrected chi connectivity index (χ4v) is 1.96. The van der Waals surface area contributed by atoms with Gasteiger partial charge >= 0.3 is 0 Å². The monoisotopic (exact) mass is 208 g/mol. The van der Waals surface area contributed by atoms with Crippen molar-refractivity contribution >= 4 is 17.2 Å². The summed E-state index contributed by atoms with van der Waals surface area (Å²) in [5, 5.41) is 0. The molecular weight excluding hydrogens is 200 g/mol. The normalized spacial score (nSPS) is 10.1. The van der Waals surface area contributed by atoms with Gasteiger partial charge in [0.05, 0.1) is 16.0 Å². The maximum Gasteiger partial charge on any atom is 0.275 e. The predicted octanol–water partition coefficient (Wildman–Crippen LogP) is 1.61. The molecule has 0 atom stereocenters. The van der Waals surface area contributed by atoms with Crippen LogP contribution in [-0.2, 0) is 0 Å². The molecule has 0 bridgehead atoms. The van der Waals surface area contributed by atoms with E-state index in [0.29, 0.717) is 4.88 Å². The molecule has 14 heavy (non-hydrogen) atoms. The van der Waals surface area contributed by atoms with E-state index >= 15 is 0 Å². The van der Waals surface area contributed by atoms with Gasteiger partial charge in [0, 0.05) is 0 Å². The molecule has 0 aliphatic rings. The number of thiophene rings is 1. The van der Waals surface area contributed by atoms with E-state index in [1.54, 1.807) is 18.4 Å². The van der Waals surface area contributed by atoms with Crippen LogP contribution in [0.5, 0.6) is 0 Å². The lowest BCUT2D eigenvalue weighted by atomic mass is 10.3. The Morgan fingerprint density at radius 1 is 1.43 bits per heavy atom. The van der Waals surface area contributed by atoms with Crippen molar-refractivity contribution in [1.82, 2.24) is 5.43 Å². The average Bonchev–Trinajstić information content (AvgIpc) is 2.86. The van der Waals surface area contributed by atoms with Gasteiger partial charge in [0.25, 0.3) is 5.91 Å². The highest BCUT2D eigenvalue weighted by Gasteiger charge is 2.09. The lowest BCUT2D eigenvalue weighted by Crippen LogP contribution is -2.29. The average molecular weight is 208 g/mol. The molecule has 5 heteroatoms. The molecule has 2 heterocycles. The zero-order valence-electron chi connectivity index (χ0n) is 7.19. The molecule has 0 aliphatic carbocycles. The van der Waals surface area contributed by atoms with Crippen LogP contribution in [0.3, 0.4) is 0 Å². The Bertz CT molecular complexity index is 433. The Morgan fingerprint density at radius 2 is 2.29 bits per heavy atom. The number of amides is 1. The number of rotatable bonds is 2. The molecule has 1 amide bonds. The number of hydrogen-bond acceptors (Lipinski definition) is 4. The van der Waals surface area contributed by atoms with E-state index in [4.69, 9.17) is 10.3 Å². The Balaban J connectivity index is 2.31. The van der Waals surface area contributed by atoms with Gasteiger partial charge in [-0.2, -0.15) is 0 Å². The van der Waals surface area contributed by atoms with E-state index in [2.05, 4.69) is 5.43 Å². The fourth-order valence-electron chi connectivity index (χ4n) is 1.08. The van der Waals surface area contributed by atoms with E-state index in [0.717, 1.165) is 10.6 Å². The van der Waals surface area contributed by atoms with E-state index in [1.165, 1.54) is 11.3 Å². The van der Waals surface area contributed by atoms with Crippen molar-refractivity contribution in [2.24, 2.45) is 5.84 Å². The molecule has 0 saturated carbocycles. The summed E-state index contributed by atoms with van der Waals surface area (Å²) in [6, 6.07) is 7.19. The number of hydrazine groups is 1. The number of nitrogens with two attached hydrogens (primary N) is 1. The lowest BCUT2D eigenvalue weighted by Gasteiger charge is -1.92. The second-order valence-electron chi connectivity index (χ2n) is 2.61. The van der Waals surface area contributed by atoms with Gasteiger partial charge in [0.1, 0.15) is 5.76 Å². The predicted molar refractivity (Wildman–Crippen MR) is 53.7 cm³/mol. The molecule has 0 radical (unpaired) electrons. The van der Waals surface area contributed by atoms with Crippen LogP contribution in [-0.4, -0.2) is 5.91 Å². The minimum absolute atomic E-state index is 0.284. The molecule has 2 rings (SSSR count). The van der Waals surface area contributed by atoms with Crippen molar-refractivity contribution in [3.8, 4) is 10.6 Å². The molecule has 0 aliphatic heterocycles. The molecule has 3 N–H and O–H groups in total. The zero-order chi connectivity index (χ0) is 9.97. The first-order valence-corrected chi connectivity index (χ1v) is 4.77. The van der Waals surface area contributed by atoms with Crippen LogP contribution in [0.1, 0.15) is 9.67 Å². The highest BCUT2D eigenvalue weighted by molar-refractivity contribution is 7.17. The first-order chi connectivity index (χ1) is 6.81. The quantitative estimate of drug-likeness (QED) is 0.447. The van der Waals surface area contributed by atoms with Crippen LogP contribution in [0.4, 0.5) is 0 Å². The third-order valence-electron chi connectivity index (χ3n) is 1.72. The fraction of sp³-hybridized carbons (Fsp3) is 0. The number of furan rings is 1. The van der Waals surface area contributed by atoms with E-state index in [1.807, 2.05) is 12.1 Å². The minimum atomic E-state index is -0.284. The first-order valence-electron chi connectivity index (χ1n) is 3.96. The van der Waals surface area contributed by atoms with Gasteiger partial charge in [-0.3, -0.25) is 10.2 Å². The molecular formula is C9H8N2O2S. The topological polar surface area (TPSA) is 68.3 Å². The van der Waals surface area contributed by atoms with Crippen molar-refractivity contribution in [2.45, 2.75) is 0 Å². The summed E-state index contributed by atoms with van der Waals surface area (Å²) in [7, 11) is 0. The smallest absolute Gasteiger partial charge is 0.275 e. The van der Waals surface area contributed by atoms with Gasteiger partial charge in [-0.05, 0) is 24.3 Å². The zero-order valence-corrected chi connectivity index (χ0v) is 8.01. The number of hydrogen-bond donors (Lipinski definition) is 2. The van der Waals surface area contributed by atoms with Crippen LogP contribution in [0, 0.1) is 0 Å². The SMILES string of the molecule is NNC(=O)c1ccc(-c2ccco2)s1. The standard InChI is InChI=1S/C9H8N2O2S/c10-11-9(12)8-4-3-7(14-8)6-2-1-5-13-6/h1-5H,10H2,(H,11,12). The van der Waals surface area contributed by atoms with E-state index in [9.17, 15) is 4.79 Å². The van der Waals surface area contributed by atoms with Gasteiger partial charge in [-0.1, -0.05) is 0 Å². The molecule has 4 nitrogen and oxygen atoms in total. The van der Waals surface area contributed by atoms with Crippen LogP contribution < -0.4 is 11.3 Å². The summed E-state index contributed by atoms with van der Waals surface area (Å²) < 4.78 is 5.19. The number of carbonyl (C=O) groups excluding carboxylic acids is 1. The third-order valence-corrected chi connectivity index (χ3v) is 2.82. The van der Waals surface area contributed by atoms with Crippen LogP contribution >= 0.6 is 11.3 Å². The second kappa shape index (κ2) is 3.65. The Labute approximate surface area is 84.3 Å². The Morgan fingerprint density at radius 3 is 2.93 bits per heavy atom. The van der Waals surface area contributed by atoms with E-state index in [-0.39, 0.29) is 5.91 Å². The molecule has 2 aromatic heterocycles. The summed E-state index contributed by atoms with van der Waals surface area (Å²) in [5.41, 5.74) is 2.08. The maximum absolute atomic E-state index is 11.1. The lowest BCUT2D eigenvalue weighted by molar-refractivity contribution is 0.0957. The van der Waals surface area contributed by atoms with Gasteiger partial charge in [0.15, 0.2) is 0 Å². The van der Waals surface area contributed by atoms with Crippen molar-refractivity contribution in [3.05, 3.63) is 35.4 Å². The van der Waals surface area contributed by atoms with Crippen LogP contribution in [0.2, 0.25) is 0 Å². The highest BCUT2D eigenvalue weighted by Crippen LogP contribution is 2.28. The van der Waals surface area contributed by atoms with Crippen molar-refractivity contribution < 1.29 is 9.21 Å². The van der Waals surface area contributed by atoms with Crippen molar-refractivity contribution in [3.63, 3.8) is 0 Å². The Kier molecular flexibility index (Phi) is 2.34. The van der Waals surface area contributed by atoms with Gasteiger partial charge in [0.2, 0.25) is 0 Å². The molecule has 2 aromatic rings. The highest BCUT2D eigenvalue weighted by atomic mass is 32.1. The Hall–Kier alpha value is -1.59. The number of nitrogen functional groups attached to an aromatic ring is 1. The molecule has 0 aromatic carbocycles. The first kappa shape index (κ1) is 8.98. The molecule has 0 saturated heterocycles. The van der Waals surface area contributed by atoms with Gasteiger partial charge in [-0.15, -0.1) is 11.3 Å². The second-order valence-corrected chi connectivity index (χ2v) is 3.70. The van der Waals surface area contributed by atoms with E-state index < -0.39 is 0 Å². The number of carbonyl (C=O) groups is 1. The summed E-state index contributed by atoms with van der Waals surface area (Å²) in [6.07, 6.45) is 1.59. The summed E-state index contributed by atoms with van der Waals surface area (Å²) in [5.74, 6) is 5.49. The summed E-state index contributed by atoms with van der Waals surface area (Å²) in [4.78, 5) is 12.6. The maximum atomic E-state index is 11.1. The van der Waals surface area contributed by atoms with Crippen molar-refractivity contribution in [1.29, 1.82) is 0 Å². The molecule has 72 valence electrons. The molecule has 0 spiro atoms. The van der Waals surface area contributed by atoms with Gasteiger partial charge < -0.3 is 4.42 Å². The largest absolute Gasteiger partial charge is 0.464 e. The molecule has 0 unspecified atom stereocenters. The third kappa shape index (κ3) is 1.55.